The van der Waals surface area contributed by atoms with Gasteiger partial charge in [0.2, 0.25) is 0 Å². The number of fused-ring (bicyclic) bond motifs is 1. The summed E-state index contributed by atoms with van der Waals surface area (Å²) in [6, 6.07) is 8.63. The third-order valence-corrected chi connectivity index (χ3v) is 4.63. The number of rotatable bonds is 8. The molecule has 0 radical (unpaired) electrons. The van der Waals surface area contributed by atoms with Crippen LogP contribution in [-0.4, -0.2) is 48.2 Å². The van der Waals surface area contributed by atoms with Crippen LogP contribution >= 0.6 is 11.6 Å². The highest BCUT2D eigenvalue weighted by Crippen LogP contribution is 2.21. The molecule has 1 heterocycles. The van der Waals surface area contributed by atoms with Crippen LogP contribution in [-0.2, 0) is 10.4 Å². The van der Waals surface area contributed by atoms with Gasteiger partial charge >= 0.3 is 0 Å². The first-order chi connectivity index (χ1) is 12.6. The van der Waals surface area contributed by atoms with Crippen molar-refractivity contribution >= 4 is 38.6 Å². The second-order valence-electron chi connectivity index (χ2n) is 6.46. The molecule has 1 unspecified atom stereocenters. The van der Waals surface area contributed by atoms with Crippen LogP contribution in [0.1, 0.15) is 33.6 Å². The number of benzene rings is 1. The maximum absolute atomic E-state index is 8.52. The molecule has 1 aromatic carbocycles. The Labute approximate surface area is 166 Å². The molecule has 3 N–H and O–H groups in total. The molecule has 0 fully saturated rings. The average molecular weight is 418 g/mol. The highest BCUT2D eigenvalue weighted by molar-refractivity contribution is 7.79. The number of nitrogens with two attached hydrogens (primary N) is 1. The van der Waals surface area contributed by atoms with Crippen LogP contribution in [0.3, 0.4) is 0 Å². The fourth-order valence-corrected chi connectivity index (χ4v) is 3.12. The van der Waals surface area contributed by atoms with Crippen molar-refractivity contribution in [1.29, 1.82) is 0 Å². The van der Waals surface area contributed by atoms with Crippen LogP contribution in [0.15, 0.2) is 30.5 Å². The van der Waals surface area contributed by atoms with Crippen molar-refractivity contribution in [3.63, 3.8) is 0 Å². The van der Waals surface area contributed by atoms with E-state index in [0.29, 0.717) is 6.04 Å². The van der Waals surface area contributed by atoms with Crippen LogP contribution in [0.25, 0.3) is 10.9 Å². The molecule has 9 heteroatoms. The van der Waals surface area contributed by atoms with Gasteiger partial charge in [0.15, 0.2) is 0 Å². The van der Waals surface area contributed by atoms with Gasteiger partial charge in [-0.3, -0.25) is 13.4 Å². The van der Waals surface area contributed by atoms with Crippen molar-refractivity contribution in [2.75, 3.05) is 19.6 Å². The number of hydrogen-bond acceptors (Lipinski definition) is 5. The van der Waals surface area contributed by atoms with Crippen molar-refractivity contribution in [3.8, 4) is 0 Å². The van der Waals surface area contributed by atoms with Gasteiger partial charge in [0.1, 0.15) is 5.69 Å². The summed E-state index contributed by atoms with van der Waals surface area (Å²) in [6.45, 7) is 10.6. The highest BCUT2D eigenvalue weighted by atomic mass is 35.5. The molecule has 0 saturated heterocycles. The number of aromatic nitrogens is 1. The summed E-state index contributed by atoms with van der Waals surface area (Å²) in [5.41, 5.74) is 2.24. The summed E-state index contributed by atoms with van der Waals surface area (Å²) in [5.74, 6) is 0. The van der Waals surface area contributed by atoms with Crippen LogP contribution < -0.4 is 10.2 Å². The number of nitrogens with one attached hydrogen (secondary N) is 1. The van der Waals surface area contributed by atoms with Gasteiger partial charge in [-0.25, -0.2) is 0 Å². The molecule has 0 spiro atoms. The first kappa shape index (κ1) is 23.7. The molecular weight excluding hydrogens is 390 g/mol. The normalized spacial score (nSPS) is 12.7. The fourth-order valence-electron chi connectivity index (χ4n) is 2.96. The molecule has 7 nitrogen and oxygen atoms in total. The Morgan fingerprint density at radius 3 is 2.44 bits per heavy atom. The van der Waals surface area contributed by atoms with Gasteiger partial charge in [-0.15, -0.1) is 0 Å². The van der Waals surface area contributed by atoms with Crippen molar-refractivity contribution in [3.05, 3.63) is 35.5 Å². The van der Waals surface area contributed by atoms with Crippen molar-refractivity contribution in [1.82, 2.24) is 4.98 Å². The molecule has 0 aliphatic heterocycles. The molecular formula is C18H28ClN3O4S. The van der Waals surface area contributed by atoms with Gasteiger partial charge in [-0.2, -0.15) is 0 Å². The Hall–Kier alpha value is -1.29. The molecule has 0 aliphatic carbocycles. The van der Waals surface area contributed by atoms with E-state index in [1.807, 2.05) is 18.3 Å². The van der Waals surface area contributed by atoms with E-state index in [4.69, 9.17) is 29.1 Å². The van der Waals surface area contributed by atoms with Crippen LogP contribution in [0.2, 0.25) is 5.02 Å². The fraction of sp³-hybridized carbons (Fsp3) is 0.500. The Balaban J connectivity index is 0.000000646. The van der Waals surface area contributed by atoms with E-state index in [1.165, 1.54) is 43.5 Å². The lowest BCUT2D eigenvalue weighted by atomic mass is 10.1. The quantitative estimate of drug-likeness (QED) is 0.488. The molecule has 0 bridgehead atoms. The minimum absolute atomic E-state index is 0.580. The number of pyridine rings is 1. The molecule has 1 aromatic heterocycles. The van der Waals surface area contributed by atoms with E-state index in [2.05, 4.69) is 43.2 Å². The van der Waals surface area contributed by atoms with Crippen LogP contribution in [0, 0.1) is 0 Å². The second kappa shape index (κ2) is 11.5. The van der Waals surface area contributed by atoms with Gasteiger partial charge in [-0.1, -0.05) is 11.6 Å². The molecule has 152 valence electrons. The summed E-state index contributed by atoms with van der Waals surface area (Å²) in [4.78, 5) is 6.10. The maximum Gasteiger partial charge on any atom is 0.140 e. The monoisotopic (exact) mass is 417 g/mol. The molecule has 1 atom stereocenters. The zero-order valence-electron chi connectivity index (χ0n) is 15.9. The number of quaternary nitrogens is 2. The molecule has 0 saturated carbocycles. The van der Waals surface area contributed by atoms with Crippen molar-refractivity contribution < 1.29 is 27.7 Å². The molecule has 27 heavy (non-hydrogen) atoms. The molecule has 0 aliphatic rings. The number of halogens is 1. The lowest BCUT2D eigenvalue weighted by Crippen LogP contribution is -3.11. The van der Waals surface area contributed by atoms with Crippen molar-refractivity contribution in [2.24, 2.45) is 0 Å². The molecule has 2 aromatic rings. The van der Waals surface area contributed by atoms with E-state index >= 15 is 0 Å². The zero-order valence-corrected chi connectivity index (χ0v) is 17.5. The predicted molar refractivity (Wildman–Crippen MR) is 104 cm³/mol. The smallest absolute Gasteiger partial charge is 0.140 e. The third kappa shape index (κ3) is 9.99. The zero-order chi connectivity index (χ0) is 20.4. The predicted octanol–water partition coefficient (Wildman–Crippen LogP) is 0.839. The largest absolute Gasteiger partial charge is 0.759 e. The molecule has 0 amide bonds. The average Bonchev–Trinajstić information content (AvgIpc) is 2.57. The molecule has 2 rings (SSSR count). The first-order valence-corrected chi connectivity index (χ1v) is 10.7. The van der Waals surface area contributed by atoms with Crippen LogP contribution in [0.4, 0.5) is 5.69 Å². The highest BCUT2D eigenvalue weighted by Gasteiger charge is 2.12. The van der Waals surface area contributed by atoms with Gasteiger partial charge in [0.05, 0.1) is 36.6 Å². The van der Waals surface area contributed by atoms with E-state index in [0.717, 1.165) is 10.5 Å². The summed E-state index contributed by atoms with van der Waals surface area (Å²) in [5, 5.41) is 4.30. The third-order valence-electron chi connectivity index (χ3n) is 4.39. The van der Waals surface area contributed by atoms with Crippen LogP contribution in [0.5, 0.6) is 0 Å². The Morgan fingerprint density at radius 1 is 1.22 bits per heavy atom. The lowest BCUT2D eigenvalue weighted by molar-refractivity contribution is -0.896. The van der Waals surface area contributed by atoms with Crippen molar-refractivity contribution in [2.45, 2.75) is 39.7 Å². The summed E-state index contributed by atoms with van der Waals surface area (Å²) >= 11 is 6.05. The van der Waals surface area contributed by atoms with E-state index in [9.17, 15) is 0 Å². The SMILES string of the molecule is CC[NH+](CC)CCCC(C)[NH2+]c1ccnc2cc(Cl)ccc12.O=S(=O)([O-])[O-]. The summed E-state index contributed by atoms with van der Waals surface area (Å²) < 4.78 is 34.1. The Kier molecular flexibility index (Phi) is 10.1. The summed E-state index contributed by atoms with van der Waals surface area (Å²) in [6.07, 6.45) is 4.39. The van der Waals surface area contributed by atoms with E-state index in [-0.39, 0.29) is 0 Å². The Morgan fingerprint density at radius 2 is 1.85 bits per heavy atom. The van der Waals surface area contributed by atoms with Gasteiger partial charge in [-0.05, 0) is 39.0 Å². The number of hydrogen-bond donors (Lipinski definition) is 2. The Bertz CT molecular complexity index is 805. The van der Waals surface area contributed by atoms with Gasteiger partial charge in [0.25, 0.3) is 0 Å². The minimum Gasteiger partial charge on any atom is -0.759 e. The second-order valence-corrected chi connectivity index (χ2v) is 7.72. The summed E-state index contributed by atoms with van der Waals surface area (Å²) in [7, 11) is -5.17. The van der Waals surface area contributed by atoms with E-state index < -0.39 is 10.4 Å². The maximum atomic E-state index is 8.52. The van der Waals surface area contributed by atoms with E-state index in [1.54, 1.807) is 4.90 Å². The minimum atomic E-state index is -5.17. The number of nitrogens with zero attached hydrogens (tertiary/aromatic N) is 1. The topological polar surface area (TPSA) is 114 Å². The lowest BCUT2D eigenvalue weighted by Gasteiger charge is -2.16. The standard InChI is InChI=1S/C18H26ClN3.H2O4S/c1-4-22(5-2)12-6-7-14(3)21-17-10-11-20-18-13-15(19)8-9-16(17)18;1-5(2,3)4/h8-11,13-14H,4-7,12H2,1-3H3,(H,20,21);(H2,1,2,3,4). The van der Waals surface area contributed by atoms with Gasteiger partial charge < -0.3 is 19.3 Å². The first-order valence-electron chi connectivity index (χ1n) is 9.03. The van der Waals surface area contributed by atoms with Gasteiger partial charge in [0, 0.05) is 40.5 Å².